The van der Waals surface area contributed by atoms with Crippen molar-refractivity contribution in [1.82, 2.24) is 19.7 Å². The monoisotopic (exact) mass is 438 g/mol. The Bertz CT molecular complexity index is 1200. The number of fused-ring (bicyclic) bond motifs is 1. The maximum Gasteiger partial charge on any atom is 0.435 e. The highest BCUT2D eigenvalue weighted by Gasteiger charge is 2.35. The molecule has 0 N–H and O–H groups in total. The average Bonchev–Trinajstić information content (AvgIpc) is 2.96. The van der Waals surface area contributed by atoms with Crippen LogP contribution in [0.5, 0.6) is 0 Å². The number of rotatable bonds is 3. The van der Waals surface area contributed by atoms with Gasteiger partial charge in [-0.05, 0) is 18.2 Å². The Morgan fingerprint density at radius 2 is 1.66 bits per heavy atom. The first-order chi connectivity index (χ1) is 13.3. The third-order valence-corrected chi connectivity index (χ3v) is 5.94. The minimum Gasteiger partial charge on any atom is -0.310 e. The van der Waals surface area contributed by atoms with Gasteiger partial charge in [0.15, 0.2) is 21.2 Å². The summed E-state index contributed by atoms with van der Waals surface area (Å²) in [6.45, 7) is 1.26. The molecule has 3 aromatic rings. The van der Waals surface area contributed by atoms with E-state index < -0.39 is 44.1 Å². The molecule has 0 amide bonds. The molecule has 2 aromatic heterocycles. The van der Waals surface area contributed by atoms with Crippen molar-refractivity contribution in [2.24, 2.45) is 7.05 Å². The molecule has 1 aromatic carbocycles. The van der Waals surface area contributed by atoms with Gasteiger partial charge >= 0.3 is 12.4 Å². The van der Waals surface area contributed by atoms with E-state index in [4.69, 9.17) is 0 Å². The lowest BCUT2D eigenvalue weighted by Crippen LogP contribution is -2.11. The molecule has 0 aliphatic carbocycles. The number of aromatic nitrogens is 4. The summed E-state index contributed by atoms with van der Waals surface area (Å²) in [7, 11) is -2.77. The molecule has 0 unspecified atom stereocenters. The third kappa shape index (κ3) is 3.78. The highest BCUT2D eigenvalue weighted by molar-refractivity contribution is 7.91. The van der Waals surface area contributed by atoms with Crippen LogP contribution in [0.2, 0.25) is 0 Å². The highest BCUT2D eigenvalue weighted by atomic mass is 32.2. The van der Waals surface area contributed by atoms with Crippen molar-refractivity contribution in [3.63, 3.8) is 0 Å². The number of benzene rings is 1. The van der Waals surface area contributed by atoms with Gasteiger partial charge < -0.3 is 4.57 Å². The van der Waals surface area contributed by atoms with Gasteiger partial charge in [-0.15, -0.1) is 10.2 Å². The van der Waals surface area contributed by atoms with Crippen LogP contribution in [0.1, 0.15) is 18.2 Å². The lowest BCUT2D eigenvalue weighted by Gasteiger charge is -2.13. The lowest BCUT2D eigenvalue weighted by atomic mass is 10.1. The Balaban J connectivity index is 2.30. The van der Waals surface area contributed by atoms with Crippen molar-refractivity contribution in [3.05, 3.63) is 35.5 Å². The third-order valence-electron chi connectivity index (χ3n) is 4.17. The molecule has 0 spiro atoms. The van der Waals surface area contributed by atoms with E-state index in [2.05, 4.69) is 15.2 Å². The number of nitrogens with zero attached hydrogens (tertiary/aromatic N) is 4. The largest absolute Gasteiger partial charge is 0.435 e. The number of imidazole rings is 1. The molecule has 0 fully saturated rings. The molecule has 2 heterocycles. The molecule has 0 bridgehead atoms. The first-order valence-corrected chi connectivity index (χ1v) is 9.62. The van der Waals surface area contributed by atoms with Crippen LogP contribution in [0.25, 0.3) is 22.6 Å². The summed E-state index contributed by atoms with van der Waals surface area (Å²) in [6.07, 6.45) is -9.56. The molecule has 0 radical (unpaired) electrons. The van der Waals surface area contributed by atoms with Gasteiger partial charge in [-0.3, -0.25) is 0 Å². The zero-order valence-electron chi connectivity index (χ0n) is 14.8. The second kappa shape index (κ2) is 6.68. The van der Waals surface area contributed by atoms with Crippen LogP contribution >= 0.6 is 0 Å². The minimum atomic E-state index is -4.78. The average molecular weight is 438 g/mol. The first kappa shape index (κ1) is 21.0. The first-order valence-electron chi connectivity index (χ1n) is 7.97. The van der Waals surface area contributed by atoms with E-state index in [0.717, 1.165) is 6.07 Å². The highest BCUT2D eigenvalue weighted by Crippen LogP contribution is 2.36. The van der Waals surface area contributed by atoms with E-state index in [-0.39, 0.29) is 22.6 Å². The lowest BCUT2D eigenvalue weighted by molar-refractivity contribution is -0.141. The molecular weight excluding hydrogens is 426 g/mol. The Morgan fingerprint density at radius 3 is 2.21 bits per heavy atom. The molecular formula is C16H12F6N4O2S. The van der Waals surface area contributed by atoms with Crippen molar-refractivity contribution >= 4 is 21.0 Å². The Kier molecular flexibility index (Phi) is 4.84. The van der Waals surface area contributed by atoms with E-state index in [1.54, 1.807) is 0 Å². The molecule has 3 rings (SSSR count). The minimum absolute atomic E-state index is 0.0901. The molecule has 156 valence electrons. The van der Waals surface area contributed by atoms with Gasteiger partial charge in [-0.2, -0.15) is 26.3 Å². The second-order valence-corrected chi connectivity index (χ2v) is 8.29. The summed E-state index contributed by atoms with van der Waals surface area (Å²) in [5.41, 5.74) is -2.99. The Morgan fingerprint density at radius 1 is 1.00 bits per heavy atom. The zero-order chi connectivity index (χ0) is 21.8. The number of hydrogen-bond donors (Lipinski definition) is 0. The maximum atomic E-state index is 13.1. The van der Waals surface area contributed by atoms with Crippen molar-refractivity contribution in [2.45, 2.75) is 24.2 Å². The molecule has 13 heteroatoms. The second-order valence-electron chi connectivity index (χ2n) is 6.04. The van der Waals surface area contributed by atoms with Gasteiger partial charge in [0.25, 0.3) is 0 Å². The van der Waals surface area contributed by atoms with E-state index in [9.17, 15) is 34.8 Å². The standard InChI is InChI=1S/C16H12F6N4O2S/c1-3-29(27,28)11-6-8(15(17,18)19)4-5-9(11)13-23-10-7-12(16(20,21)22)24-25-14(10)26(13)2/h4-7H,3H2,1-2H3. The molecule has 29 heavy (non-hydrogen) atoms. The fourth-order valence-electron chi connectivity index (χ4n) is 2.66. The van der Waals surface area contributed by atoms with Gasteiger partial charge in [-0.25, -0.2) is 13.4 Å². The van der Waals surface area contributed by atoms with Crippen molar-refractivity contribution in [1.29, 1.82) is 0 Å². The van der Waals surface area contributed by atoms with E-state index in [1.165, 1.54) is 18.5 Å². The van der Waals surface area contributed by atoms with Gasteiger partial charge in [-0.1, -0.05) is 6.92 Å². The van der Waals surface area contributed by atoms with Crippen LogP contribution in [-0.4, -0.2) is 33.9 Å². The molecule has 6 nitrogen and oxygen atoms in total. The van der Waals surface area contributed by atoms with Crippen LogP contribution in [0, 0.1) is 0 Å². The molecule has 0 saturated carbocycles. The van der Waals surface area contributed by atoms with Crippen LogP contribution in [0.4, 0.5) is 26.3 Å². The number of aryl methyl sites for hydroxylation is 1. The Hall–Kier alpha value is -2.70. The number of halogens is 6. The SMILES string of the molecule is CCS(=O)(=O)c1cc(C(F)(F)F)ccc1-c1nc2cc(C(F)(F)F)nnc2n1C. The number of sulfone groups is 1. The van der Waals surface area contributed by atoms with Crippen molar-refractivity contribution in [3.8, 4) is 11.4 Å². The summed E-state index contributed by atoms with van der Waals surface area (Å²) < 4.78 is 104. The smallest absolute Gasteiger partial charge is 0.310 e. The molecule has 0 saturated heterocycles. The number of alkyl halides is 6. The maximum absolute atomic E-state index is 13.1. The van der Waals surface area contributed by atoms with Crippen LogP contribution < -0.4 is 0 Å². The van der Waals surface area contributed by atoms with Gasteiger partial charge in [0, 0.05) is 18.7 Å². The molecule has 0 atom stereocenters. The van der Waals surface area contributed by atoms with Gasteiger partial charge in [0.1, 0.15) is 11.3 Å². The summed E-state index contributed by atoms with van der Waals surface area (Å²) in [6, 6.07) is 2.71. The Labute approximate surface area is 160 Å². The predicted octanol–water partition coefficient (Wildman–Crippen LogP) is 3.86. The van der Waals surface area contributed by atoms with Crippen LogP contribution in [-0.2, 0) is 29.2 Å². The fraction of sp³-hybridized carbons (Fsp3) is 0.312. The zero-order valence-corrected chi connectivity index (χ0v) is 15.6. The summed E-state index contributed by atoms with van der Waals surface area (Å²) >= 11 is 0. The molecule has 0 aliphatic rings. The van der Waals surface area contributed by atoms with Crippen molar-refractivity contribution < 1.29 is 34.8 Å². The fourth-order valence-corrected chi connectivity index (χ4v) is 3.77. The summed E-state index contributed by atoms with van der Waals surface area (Å²) in [5.74, 6) is -0.641. The van der Waals surface area contributed by atoms with Gasteiger partial charge in [0.2, 0.25) is 0 Å². The van der Waals surface area contributed by atoms with Crippen LogP contribution in [0.3, 0.4) is 0 Å². The van der Waals surface area contributed by atoms with Crippen molar-refractivity contribution in [2.75, 3.05) is 5.75 Å². The van der Waals surface area contributed by atoms with E-state index >= 15 is 0 Å². The quantitative estimate of drug-likeness (QED) is 0.581. The van der Waals surface area contributed by atoms with E-state index in [0.29, 0.717) is 18.2 Å². The summed E-state index contributed by atoms with van der Waals surface area (Å²) in [5, 5.41) is 6.54. The van der Waals surface area contributed by atoms with E-state index in [1.807, 2.05) is 0 Å². The predicted molar refractivity (Wildman–Crippen MR) is 89.5 cm³/mol. The molecule has 0 aliphatic heterocycles. The summed E-state index contributed by atoms with van der Waals surface area (Å²) in [4.78, 5) is 3.34. The van der Waals surface area contributed by atoms with Gasteiger partial charge in [0.05, 0.1) is 16.2 Å². The number of hydrogen-bond acceptors (Lipinski definition) is 5. The normalized spacial score (nSPS) is 13.2. The van der Waals surface area contributed by atoms with Crippen LogP contribution in [0.15, 0.2) is 29.2 Å². The topological polar surface area (TPSA) is 77.7 Å².